The van der Waals surface area contributed by atoms with Gasteiger partial charge in [-0.25, -0.2) is 4.79 Å². The van der Waals surface area contributed by atoms with Crippen LogP contribution >= 0.6 is 0 Å². The standard InChI is InChI=1S/C38H45N3O6/c1-38(2,3)47-37(44)39-20-18-31(28-13-8-12-27(22-28)26-10-6-5-7-11-26)32(24-39)36(43)41(29-14-15-29)30-16-17-34-33(23-30)40(19-9-21-45-4)35(42)25-46-34/h5-8,10-13,16-17,22-23,29,31-32H,9,14-15,18-21,24-25H2,1-4H3/t31-,32?/m1/s1. The predicted molar refractivity (Wildman–Crippen MR) is 182 cm³/mol. The van der Waals surface area contributed by atoms with Crippen LogP contribution in [0.1, 0.15) is 57.9 Å². The molecule has 0 N–H and O–H groups in total. The lowest BCUT2D eigenvalue weighted by atomic mass is 9.79. The molecule has 0 aromatic heterocycles. The van der Waals surface area contributed by atoms with Gasteiger partial charge in [-0.1, -0.05) is 54.6 Å². The number of fused-ring (bicyclic) bond motifs is 1. The maximum Gasteiger partial charge on any atom is 0.410 e. The van der Waals surface area contributed by atoms with E-state index in [1.54, 1.807) is 16.9 Å². The summed E-state index contributed by atoms with van der Waals surface area (Å²) in [5.74, 6) is -0.106. The van der Waals surface area contributed by atoms with Gasteiger partial charge in [-0.05, 0) is 87.3 Å². The van der Waals surface area contributed by atoms with E-state index in [9.17, 15) is 14.4 Å². The van der Waals surface area contributed by atoms with Crippen LogP contribution in [0.5, 0.6) is 5.75 Å². The fourth-order valence-corrected chi connectivity index (χ4v) is 6.65. The first-order valence-electron chi connectivity index (χ1n) is 16.7. The molecule has 3 aliphatic rings. The van der Waals surface area contributed by atoms with E-state index in [2.05, 4.69) is 36.4 Å². The lowest BCUT2D eigenvalue weighted by Crippen LogP contribution is -2.51. The Morgan fingerprint density at radius 1 is 0.957 bits per heavy atom. The molecule has 3 amide bonds. The lowest BCUT2D eigenvalue weighted by Gasteiger charge is -2.41. The molecule has 1 saturated carbocycles. The number of piperidine rings is 1. The van der Waals surface area contributed by atoms with Crippen molar-refractivity contribution in [1.82, 2.24) is 4.90 Å². The van der Waals surface area contributed by atoms with Crippen LogP contribution in [0.3, 0.4) is 0 Å². The van der Waals surface area contributed by atoms with E-state index in [-0.39, 0.29) is 36.9 Å². The SMILES string of the molecule is COCCCN1C(=O)COc2ccc(N(C(=O)C3CN(C(=O)OC(C)(C)C)CC[C@@H]3c3cccc(-c4ccccc4)c3)C3CC3)cc21. The van der Waals surface area contributed by atoms with Crippen LogP contribution in [0.4, 0.5) is 16.2 Å². The Balaban J connectivity index is 1.35. The van der Waals surface area contributed by atoms with E-state index in [0.29, 0.717) is 44.0 Å². The third kappa shape index (κ3) is 7.46. The van der Waals surface area contributed by atoms with Gasteiger partial charge in [0.1, 0.15) is 11.4 Å². The Morgan fingerprint density at radius 2 is 1.72 bits per heavy atom. The van der Waals surface area contributed by atoms with Gasteiger partial charge in [-0.2, -0.15) is 0 Å². The zero-order valence-corrected chi connectivity index (χ0v) is 27.8. The van der Waals surface area contributed by atoms with Crippen molar-refractivity contribution in [1.29, 1.82) is 0 Å². The number of nitrogens with zero attached hydrogens (tertiary/aromatic N) is 3. The molecule has 1 saturated heterocycles. The van der Waals surface area contributed by atoms with E-state index in [0.717, 1.165) is 35.2 Å². The van der Waals surface area contributed by atoms with Crippen LogP contribution in [0.25, 0.3) is 11.1 Å². The van der Waals surface area contributed by atoms with Gasteiger partial charge in [0, 0.05) is 45.1 Å². The molecule has 3 aromatic rings. The first-order valence-corrected chi connectivity index (χ1v) is 16.7. The highest BCUT2D eigenvalue weighted by Crippen LogP contribution is 2.43. The quantitative estimate of drug-likeness (QED) is 0.244. The molecule has 0 radical (unpaired) electrons. The number of hydrogen-bond donors (Lipinski definition) is 0. The molecule has 1 aliphatic carbocycles. The number of anilines is 2. The largest absolute Gasteiger partial charge is 0.482 e. The summed E-state index contributed by atoms with van der Waals surface area (Å²) in [5.41, 5.74) is 4.05. The smallest absolute Gasteiger partial charge is 0.410 e. The van der Waals surface area contributed by atoms with E-state index in [1.165, 1.54) is 0 Å². The van der Waals surface area contributed by atoms with Crippen LogP contribution < -0.4 is 14.5 Å². The number of likely N-dealkylation sites (tertiary alicyclic amines) is 1. The highest BCUT2D eigenvalue weighted by Gasteiger charge is 2.44. The Labute approximate surface area is 277 Å². The fraction of sp³-hybridized carbons (Fsp3) is 0.447. The van der Waals surface area contributed by atoms with Crippen LogP contribution in [0.2, 0.25) is 0 Å². The Kier molecular flexibility index (Phi) is 9.55. The summed E-state index contributed by atoms with van der Waals surface area (Å²) in [7, 11) is 1.65. The first-order chi connectivity index (χ1) is 22.6. The molecule has 2 atom stereocenters. The molecule has 0 bridgehead atoms. The number of carbonyl (C=O) groups excluding carboxylic acids is 3. The maximum atomic E-state index is 14.9. The Bertz CT molecular complexity index is 1600. The number of methoxy groups -OCH3 is 1. The number of amides is 3. The molecule has 6 rings (SSSR count). The van der Waals surface area contributed by atoms with Crippen LogP contribution in [0, 0.1) is 5.92 Å². The van der Waals surface area contributed by atoms with Gasteiger partial charge >= 0.3 is 6.09 Å². The van der Waals surface area contributed by atoms with E-state index in [1.807, 2.05) is 62.1 Å². The zero-order chi connectivity index (χ0) is 33.1. The van der Waals surface area contributed by atoms with Crippen molar-refractivity contribution in [3.63, 3.8) is 0 Å². The van der Waals surface area contributed by atoms with Gasteiger partial charge in [0.2, 0.25) is 5.91 Å². The summed E-state index contributed by atoms with van der Waals surface area (Å²) < 4.78 is 16.8. The molecule has 47 heavy (non-hydrogen) atoms. The molecule has 0 spiro atoms. The summed E-state index contributed by atoms with van der Waals surface area (Å²) in [5, 5.41) is 0. The molecule has 248 valence electrons. The Hall–Kier alpha value is -4.37. The van der Waals surface area contributed by atoms with Crippen molar-refractivity contribution in [2.75, 3.05) is 49.8 Å². The maximum absolute atomic E-state index is 14.9. The third-order valence-corrected chi connectivity index (χ3v) is 9.05. The molecule has 2 heterocycles. The van der Waals surface area contributed by atoms with Crippen LogP contribution in [0.15, 0.2) is 72.8 Å². The lowest BCUT2D eigenvalue weighted by molar-refractivity contribution is -0.124. The van der Waals surface area contributed by atoms with Gasteiger partial charge in [-0.3, -0.25) is 9.59 Å². The minimum Gasteiger partial charge on any atom is -0.482 e. The van der Waals surface area contributed by atoms with Crippen LogP contribution in [-0.2, 0) is 19.1 Å². The second-order valence-corrected chi connectivity index (χ2v) is 13.7. The molecule has 2 aliphatic heterocycles. The van der Waals surface area contributed by atoms with Gasteiger partial charge in [0.25, 0.3) is 5.91 Å². The topological polar surface area (TPSA) is 88.6 Å². The summed E-state index contributed by atoms with van der Waals surface area (Å²) in [6.45, 7) is 7.33. The molecule has 3 aromatic carbocycles. The van der Waals surface area contributed by atoms with Gasteiger partial charge in [0.15, 0.2) is 6.61 Å². The molecule has 9 nitrogen and oxygen atoms in total. The number of ether oxygens (including phenoxy) is 3. The van der Waals surface area contributed by atoms with Gasteiger partial charge < -0.3 is 28.9 Å². The number of hydrogen-bond acceptors (Lipinski definition) is 6. The molecule has 1 unspecified atom stereocenters. The number of benzene rings is 3. The number of carbonyl (C=O) groups is 3. The molecule has 9 heteroatoms. The van der Waals surface area contributed by atoms with E-state index < -0.39 is 17.6 Å². The first kappa shape index (κ1) is 32.6. The minimum atomic E-state index is -0.644. The highest BCUT2D eigenvalue weighted by molar-refractivity contribution is 6.01. The van der Waals surface area contributed by atoms with Gasteiger partial charge in [0.05, 0.1) is 11.6 Å². The zero-order valence-electron chi connectivity index (χ0n) is 27.8. The summed E-state index contributed by atoms with van der Waals surface area (Å²) in [4.78, 5) is 46.5. The predicted octanol–water partition coefficient (Wildman–Crippen LogP) is 6.65. The summed E-state index contributed by atoms with van der Waals surface area (Å²) in [6.07, 6.45) is 2.70. The van der Waals surface area contributed by atoms with Crippen molar-refractivity contribution in [2.24, 2.45) is 5.92 Å². The average Bonchev–Trinajstić information content (AvgIpc) is 3.90. The molecular formula is C38H45N3O6. The van der Waals surface area contributed by atoms with E-state index in [4.69, 9.17) is 14.2 Å². The second-order valence-electron chi connectivity index (χ2n) is 13.7. The molecule has 2 fully saturated rings. The minimum absolute atomic E-state index is 0.0170. The van der Waals surface area contributed by atoms with Crippen molar-refractivity contribution < 1.29 is 28.6 Å². The summed E-state index contributed by atoms with van der Waals surface area (Å²) >= 11 is 0. The van der Waals surface area contributed by atoms with Gasteiger partial charge in [-0.15, -0.1) is 0 Å². The third-order valence-electron chi connectivity index (χ3n) is 9.05. The van der Waals surface area contributed by atoms with Crippen molar-refractivity contribution in [3.05, 3.63) is 78.4 Å². The monoisotopic (exact) mass is 639 g/mol. The van der Waals surface area contributed by atoms with E-state index >= 15 is 0 Å². The van der Waals surface area contributed by atoms with Crippen molar-refractivity contribution in [2.45, 2.75) is 64.0 Å². The van der Waals surface area contributed by atoms with Crippen LogP contribution in [-0.4, -0.2) is 74.4 Å². The second kappa shape index (κ2) is 13.8. The average molecular weight is 640 g/mol. The Morgan fingerprint density at radius 3 is 2.45 bits per heavy atom. The fourth-order valence-electron chi connectivity index (χ4n) is 6.65. The molecular weight excluding hydrogens is 594 g/mol. The van der Waals surface area contributed by atoms with Crippen molar-refractivity contribution in [3.8, 4) is 16.9 Å². The normalized spacial score (nSPS) is 19.5. The van der Waals surface area contributed by atoms with Crippen molar-refractivity contribution >= 4 is 29.3 Å². The number of rotatable bonds is 9. The highest BCUT2D eigenvalue weighted by atomic mass is 16.6. The summed E-state index contributed by atoms with van der Waals surface area (Å²) in [6, 6.07) is 24.4.